The van der Waals surface area contributed by atoms with E-state index >= 15 is 0 Å². The third kappa shape index (κ3) is 5.70. The van der Waals surface area contributed by atoms with Gasteiger partial charge in [0.25, 0.3) is 0 Å². The molecule has 0 fully saturated rings. The summed E-state index contributed by atoms with van der Waals surface area (Å²) in [4.78, 5) is 13.9. The minimum atomic E-state index is -0.408. The zero-order chi connectivity index (χ0) is 14.3. The number of nitrogens with one attached hydrogen (secondary N) is 1. The molecule has 0 spiro atoms. The van der Waals surface area contributed by atoms with Crippen LogP contribution in [0.3, 0.4) is 0 Å². The minimum absolute atomic E-state index is 0.110. The summed E-state index contributed by atoms with van der Waals surface area (Å²) in [7, 11) is 2.00. The van der Waals surface area contributed by atoms with Gasteiger partial charge in [-0.05, 0) is 38.2 Å². The average Bonchev–Trinajstić information content (AvgIpc) is 2.37. The lowest BCUT2D eigenvalue weighted by atomic mass is 10.2. The Bertz CT molecular complexity index is 423. The van der Waals surface area contributed by atoms with Gasteiger partial charge in [-0.1, -0.05) is 13.3 Å². The Hall–Kier alpha value is -1.62. The average molecular weight is 267 g/mol. The third-order valence-electron chi connectivity index (χ3n) is 2.90. The normalized spacial score (nSPS) is 10.7. The van der Waals surface area contributed by atoms with E-state index in [-0.39, 0.29) is 11.6 Å². The molecule has 106 valence electrons. The lowest BCUT2D eigenvalue weighted by Crippen LogP contribution is -2.25. The SMILES string of the molecule is CCCCN(C)CCC(=O)Nc1ccc(F)cc1N. The summed E-state index contributed by atoms with van der Waals surface area (Å²) in [5.41, 5.74) is 6.33. The van der Waals surface area contributed by atoms with E-state index in [1.807, 2.05) is 7.05 Å². The van der Waals surface area contributed by atoms with Crippen LogP contribution in [0.25, 0.3) is 0 Å². The Kier molecular flexibility index (Phi) is 6.29. The quantitative estimate of drug-likeness (QED) is 0.746. The van der Waals surface area contributed by atoms with Crippen molar-refractivity contribution in [1.29, 1.82) is 0 Å². The van der Waals surface area contributed by atoms with Crippen molar-refractivity contribution in [3.63, 3.8) is 0 Å². The summed E-state index contributed by atoms with van der Waals surface area (Å²) in [5, 5.41) is 2.69. The number of nitrogens with two attached hydrogens (primary N) is 1. The van der Waals surface area contributed by atoms with Crippen LogP contribution in [0.4, 0.5) is 15.8 Å². The van der Waals surface area contributed by atoms with E-state index in [4.69, 9.17) is 5.73 Å². The lowest BCUT2D eigenvalue weighted by molar-refractivity contribution is -0.116. The lowest BCUT2D eigenvalue weighted by Gasteiger charge is -2.16. The molecule has 1 aromatic carbocycles. The number of rotatable bonds is 7. The number of amides is 1. The van der Waals surface area contributed by atoms with Gasteiger partial charge >= 0.3 is 0 Å². The van der Waals surface area contributed by atoms with Crippen molar-refractivity contribution >= 4 is 17.3 Å². The topological polar surface area (TPSA) is 58.4 Å². The van der Waals surface area contributed by atoms with E-state index in [1.54, 1.807) is 0 Å². The van der Waals surface area contributed by atoms with Gasteiger partial charge in [0.15, 0.2) is 0 Å². The van der Waals surface area contributed by atoms with Gasteiger partial charge in [-0.3, -0.25) is 4.79 Å². The fourth-order valence-corrected chi connectivity index (χ4v) is 1.69. The highest BCUT2D eigenvalue weighted by atomic mass is 19.1. The number of carbonyl (C=O) groups excluding carboxylic acids is 1. The second kappa shape index (κ2) is 7.74. The highest BCUT2D eigenvalue weighted by Gasteiger charge is 2.07. The van der Waals surface area contributed by atoms with Gasteiger partial charge < -0.3 is 16.0 Å². The number of hydrogen-bond acceptors (Lipinski definition) is 3. The predicted molar refractivity (Wildman–Crippen MR) is 76.5 cm³/mol. The number of nitrogens with zero attached hydrogens (tertiary/aromatic N) is 1. The largest absolute Gasteiger partial charge is 0.397 e. The van der Waals surface area contributed by atoms with Crippen LogP contribution in [-0.2, 0) is 4.79 Å². The van der Waals surface area contributed by atoms with Crippen molar-refractivity contribution in [3.05, 3.63) is 24.0 Å². The minimum Gasteiger partial charge on any atom is -0.397 e. The smallest absolute Gasteiger partial charge is 0.225 e. The first-order valence-electron chi connectivity index (χ1n) is 6.56. The second-order valence-electron chi connectivity index (χ2n) is 4.69. The molecule has 1 rings (SSSR count). The molecule has 1 amide bonds. The number of benzene rings is 1. The first-order chi connectivity index (χ1) is 9.02. The monoisotopic (exact) mass is 267 g/mol. The number of halogens is 1. The van der Waals surface area contributed by atoms with E-state index in [1.165, 1.54) is 18.2 Å². The van der Waals surface area contributed by atoms with E-state index in [0.717, 1.165) is 19.4 Å². The van der Waals surface area contributed by atoms with Gasteiger partial charge in [-0.15, -0.1) is 0 Å². The van der Waals surface area contributed by atoms with Gasteiger partial charge in [0, 0.05) is 13.0 Å². The van der Waals surface area contributed by atoms with Crippen molar-refractivity contribution < 1.29 is 9.18 Å². The molecule has 0 aliphatic carbocycles. The van der Waals surface area contributed by atoms with Crippen LogP contribution in [0.15, 0.2) is 18.2 Å². The van der Waals surface area contributed by atoms with Crippen LogP contribution in [0, 0.1) is 5.82 Å². The highest BCUT2D eigenvalue weighted by Crippen LogP contribution is 2.19. The molecule has 0 unspecified atom stereocenters. The molecule has 0 heterocycles. The Balaban J connectivity index is 2.38. The van der Waals surface area contributed by atoms with Crippen LogP contribution >= 0.6 is 0 Å². The third-order valence-corrected chi connectivity index (χ3v) is 2.90. The predicted octanol–water partition coefficient (Wildman–Crippen LogP) is 2.47. The maximum atomic E-state index is 12.9. The van der Waals surface area contributed by atoms with Gasteiger partial charge in [0.2, 0.25) is 5.91 Å². The zero-order valence-electron chi connectivity index (χ0n) is 11.6. The molecule has 0 saturated heterocycles. The van der Waals surface area contributed by atoms with E-state index in [0.29, 0.717) is 18.7 Å². The first kappa shape index (κ1) is 15.4. The first-order valence-corrected chi connectivity index (χ1v) is 6.56. The molecular weight excluding hydrogens is 245 g/mol. The summed E-state index contributed by atoms with van der Waals surface area (Å²) in [6.45, 7) is 3.83. The van der Waals surface area contributed by atoms with Crippen molar-refractivity contribution in [2.45, 2.75) is 26.2 Å². The molecule has 0 aliphatic heterocycles. The fraction of sp³-hybridized carbons (Fsp3) is 0.500. The van der Waals surface area contributed by atoms with Crippen LogP contribution in [-0.4, -0.2) is 30.9 Å². The summed E-state index contributed by atoms with van der Waals surface area (Å²) in [6.07, 6.45) is 2.67. The van der Waals surface area contributed by atoms with E-state index in [9.17, 15) is 9.18 Å². The number of carbonyl (C=O) groups is 1. The molecule has 0 radical (unpaired) electrons. The maximum absolute atomic E-state index is 12.9. The number of hydrogen-bond donors (Lipinski definition) is 2. The van der Waals surface area contributed by atoms with Gasteiger partial charge in [-0.2, -0.15) is 0 Å². The molecule has 3 N–H and O–H groups in total. The molecule has 0 aromatic heterocycles. The van der Waals surface area contributed by atoms with Crippen molar-refractivity contribution in [3.8, 4) is 0 Å². The van der Waals surface area contributed by atoms with Crippen molar-refractivity contribution in [2.75, 3.05) is 31.2 Å². The zero-order valence-corrected chi connectivity index (χ0v) is 11.6. The number of unbranched alkanes of at least 4 members (excludes halogenated alkanes) is 1. The standard InChI is InChI=1S/C14H22FN3O/c1-3-4-8-18(2)9-7-14(19)17-13-6-5-11(15)10-12(13)16/h5-6,10H,3-4,7-9,16H2,1-2H3,(H,17,19). The summed E-state index contributed by atoms with van der Waals surface area (Å²) < 4.78 is 12.9. The molecule has 4 nitrogen and oxygen atoms in total. The Labute approximate surface area is 113 Å². The maximum Gasteiger partial charge on any atom is 0.225 e. The molecule has 0 saturated carbocycles. The Morgan fingerprint density at radius 3 is 2.79 bits per heavy atom. The van der Waals surface area contributed by atoms with E-state index < -0.39 is 5.82 Å². The van der Waals surface area contributed by atoms with Gasteiger partial charge in [0.05, 0.1) is 11.4 Å². The molecule has 0 bridgehead atoms. The molecule has 19 heavy (non-hydrogen) atoms. The Morgan fingerprint density at radius 2 is 2.16 bits per heavy atom. The second-order valence-corrected chi connectivity index (χ2v) is 4.69. The number of nitrogen functional groups attached to an aromatic ring is 1. The van der Waals surface area contributed by atoms with Gasteiger partial charge in [0.1, 0.15) is 5.82 Å². The molecular formula is C14H22FN3O. The summed E-state index contributed by atoms with van der Waals surface area (Å²) in [6, 6.07) is 3.95. The number of anilines is 2. The van der Waals surface area contributed by atoms with Gasteiger partial charge in [-0.25, -0.2) is 4.39 Å². The molecule has 5 heteroatoms. The summed E-state index contributed by atoms with van der Waals surface area (Å²) >= 11 is 0. The fourth-order valence-electron chi connectivity index (χ4n) is 1.69. The molecule has 0 aliphatic rings. The van der Waals surface area contributed by atoms with Crippen LogP contribution in [0.1, 0.15) is 26.2 Å². The van der Waals surface area contributed by atoms with E-state index in [2.05, 4.69) is 17.1 Å². The Morgan fingerprint density at radius 1 is 1.42 bits per heavy atom. The van der Waals surface area contributed by atoms with Crippen LogP contribution < -0.4 is 11.1 Å². The highest BCUT2D eigenvalue weighted by molar-refractivity contribution is 5.93. The van der Waals surface area contributed by atoms with Crippen LogP contribution in [0.5, 0.6) is 0 Å². The summed E-state index contributed by atoms with van der Waals surface area (Å²) in [5.74, 6) is -0.517. The van der Waals surface area contributed by atoms with Crippen molar-refractivity contribution in [1.82, 2.24) is 4.90 Å². The molecule has 0 atom stereocenters. The molecule has 1 aromatic rings. The van der Waals surface area contributed by atoms with Crippen molar-refractivity contribution in [2.24, 2.45) is 0 Å². The van der Waals surface area contributed by atoms with Crippen LogP contribution in [0.2, 0.25) is 0 Å².